The summed E-state index contributed by atoms with van der Waals surface area (Å²) in [6, 6.07) is 11.4. The van der Waals surface area contributed by atoms with Crippen molar-refractivity contribution in [1.29, 1.82) is 0 Å². The Kier molecular flexibility index (Phi) is 8.81. The molecule has 32 heavy (non-hydrogen) atoms. The Morgan fingerprint density at radius 3 is 2.06 bits per heavy atom. The van der Waals surface area contributed by atoms with Crippen molar-refractivity contribution in [3.05, 3.63) is 59.2 Å². The lowest BCUT2D eigenvalue weighted by Crippen LogP contribution is -2.47. The minimum Gasteiger partial charge on any atom is -0.494 e. The summed E-state index contributed by atoms with van der Waals surface area (Å²) >= 11 is 0. The normalized spacial score (nSPS) is 12.6. The van der Waals surface area contributed by atoms with Crippen molar-refractivity contribution in [2.45, 2.75) is 53.7 Å². The van der Waals surface area contributed by atoms with Crippen LogP contribution in [0.5, 0.6) is 5.75 Å². The maximum absolute atomic E-state index is 12.8. The summed E-state index contributed by atoms with van der Waals surface area (Å²) in [7, 11) is 0. The van der Waals surface area contributed by atoms with E-state index in [1.165, 1.54) is 6.92 Å². The highest BCUT2D eigenvalue weighted by atomic mass is 16.5. The van der Waals surface area contributed by atoms with Crippen molar-refractivity contribution in [1.82, 2.24) is 5.32 Å². The van der Waals surface area contributed by atoms with Crippen LogP contribution in [0.4, 0.5) is 5.69 Å². The molecule has 0 aliphatic carbocycles. The number of rotatable bonds is 9. The van der Waals surface area contributed by atoms with Crippen molar-refractivity contribution >= 4 is 23.5 Å². The van der Waals surface area contributed by atoms with Crippen molar-refractivity contribution in [3.63, 3.8) is 0 Å². The molecule has 7 nitrogen and oxygen atoms in total. The van der Waals surface area contributed by atoms with Gasteiger partial charge in [0, 0.05) is 11.3 Å². The molecule has 0 spiro atoms. The molecule has 2 rings (SSSR count). The van der Waals surface area contributed by atoms with Gasteiger partial charge in [0.1, 0.15) is 11.8 Å². The maximum Gasteiger partial charge on any atom is 0.329 e. The van der Waals surface area contributed by atoms with E-state index in [0.717, 1.165) is 11.1 Å². The van der Waals surface area contributed by atoms with Gasteiger partial charge in [-0.05, 0) is 69.0 Å². The number of carbonyl (C=O) groups is 3. The van der Waals surface area contributed by atoms with Crippen molar-refractivity contribution in [2.24, 2.45) is 5.92 Å². The Bertz CT molecular complexity index is 933. The Morgan fingerprint density at radius 1 is 0.938 bits per heavy atom. The summed E-state index contributed by atoms with van der Waals surface area (Å²) in [5.74, 6) is -1.08. The molecule has 2 atom stereocenters. The number of anilines is 1. The molecular weight excluding hydrogens is 408 g/mol. The summed E-state index contributed by atoms with van der Waals surface area (Å²) in [4.78, 5) is 38.0. The zero-order chi connectivity index (χ0) is 23.8. The Morgan fingerprint density at radius 2 is 1.53 bits per heavy atom. The number of nitrogens with one attached hydrogen (secondary N) is 2. The Hall–Kier alpha value is -3.35. The second-order valence-corrected chi connectivity index (χ2v) is 7.99. The van der Waals surface area contributed by atoms with Crippen molar-refractivity contribution in [3.8, 4) is 5.75 Å². The number of amides is 2. The van der Waals surface area contributed by atoms with E-state index in [0.29, 0.717) is 23.6 Å². The van der Waals surface area contributed by atoms with Crippen LogP contribution < -0.4 is 15.4 Å². The number of para-hydroxylation sites is 1. The number of hydrogen-bond acceptors (Lipinski definition) is 5. The van der Waals surface area contributed by atoms with E-state index in [9.17, 15) is 14.4 Å². The second kappa shape index (κ2) is 11.3. The van der Waals surface area contributed by atoms with Crippen molar-refractivity contribution in [2.75, 3.05) is 11.9 Å². The van der Waals surface area contributed by atoms with E-state index in [1.807, 2.05) is 39.0 Å². The van der Waals surface area contributed by atoms with Crippen LogP contribution in [0.15, 0.2) is 42.5 Å². The maximum atomic E-state index is 12.8. The first-order valence-electron chi connectivity index (χ1n) is 10.7. The Balaban J connectivity index is 2.02. The van der Waals surface area contributed by atoms with Gasteiger partial charge in [0.25, 0.3) is 11.8 Å². The monoisotopic (exact) mass is 440 g/mol. The fourth-order valence-electron chi connectivity index (χ4n) is 3.13. The van der Waals surface area contributed by atoms with Crippen LogP contribution in [0.1, 0.15) is 49.2 Å². The molecule has 2 N–H and O–H groups in total. The number of aryl methyl sites for hydroxylation is 2. The first-order valence-corrected chi connectivity index (χ1v) is 10.7. The first-order chi connectivity index (χ1) is 15.1. The van der Waals surface area contributed by atoms with E-state index in [4.69, 9.17) is 9.47 Å². The smallest absolute Gasteiger partial charge is 0.329 e. The van der Waals surface area contributed by atoms with Crippen LogP contribution >= 0.6 is 0 Å². The third-order valence-corrected chi connectivity index (χ3v) is 5.03. The highest BCUT2D eigenvalue weighted by Gasteiger charge is 2.29. The van der Waals surface area contributed by atoms with Crippen LogP contribution in [-0.4, -0.2) is 36.5 Å². The average Bonchev–Trinajstić information content (AvgIpc) is 2.74. The quantitative estimate of drug-likeness (QED) is 0.574. The molecular formula is C25H32N2O5. The molecule has 0 radical (unpaired) electrons. The fraction of sp³-hybridized carbons (Fsp3) is 0.400. The molecule has 0 saturated heterocycles. The molecule has 0 aliphatic heterocycles. The van der Waals surface area contributed by atoms with Gasteiger partial charge >= 0.3 is 5.97 Å². The molecule has 0 unspecified atom stereocenters. The van der Waals surface area contributed by atoms with E-state index in [-0.39, 0.29) is 5.92 Å². The number of benzene rings is 2. The van der Waals surface area contributed by atoms with E-state index in [1.54, 1.807) is 38.1 Å². The van der Waals surface area contributed by atoms with Crippen LogP contribution in [0.25, 0.3) is 0 Å². The summed E-state index contributed by atoms with van der Waals surface area (Å²) in [6.07, 6.45) is -1.02. The molecule has 2 amide bonds. The van der Waals surface area contributed by atoms with Crippen molar-refractivity contribution < 1.29 is 23.9 Å². The molecule has 172 valence electrons. The minimum absolute atomic E-state index is 0.233. The molecule has 0 aromatic heterocycles. The summed E-state index contributed by atoms with van der Waals surface area (Å²) < 4.78 is 10.8. The van der Waals surface area contributed by atoms with Gasteiger partial charge < -0.3 is 20.1 Å². The summed E-state index contributed by atoms with van der Waals surface area (Å²) in [6.45, 7) is 11.3. The zero-order valence-electron chi connectivity index (χ0n) is 19.5. The number of esters is 1. The predicted octanol–water partition coefficient (Wildman–Crippen LogP) is 4.03. The van der Waals surface area contributed by atoms with Crippen LogP contribution in [0, 0.1) is 19.8 Å². The van der Waals surface area contributed by atoms with Gasteiger partial charge in [-0.1, -0.05) is 32.0 Å². The van der Waals surface area contributed by atoms with Gasteiger partial charge in [-0.2, -0.15) is 0 Å². The zero-order valence-corrected chi connectivity index (χ0v) is 19.5. The van der Waals surface area contributed by atoms with Crippen LogP contribution in [0.3, 0.4) is 0 Å². The van der Waals surface area contributed by atoms with Crippen LogP contribution in [-0.2, 0) is 14.3 Å². The van der Waals surface area contributed by atoms with Gasteiger partial charge in [-0.15, -0.1) is 0 Å². The molecule has 2 aromatic rings. The van der Waals surface area contributed by atoms with Gasteiger partial charge in [0.05, 0.1) is 6.61 Å². The highest BCUT2D eigenvalue weighted by Crippen LogP contribution is 2.20. The fourth-order valence-corrected chi connectivity index (χ4v) is 3.13. The molecule has 2 aromatic carbocycles. The van der Waals surface area contributed by atoms with Gasteiger partial charge in [-0.25, -0.2) is 4.79 Å². The standard InChI is InChI=1S/C25H32N2O5/c1-7-31-20-13-11-19(12-14-20)24(29)26-21(15(2)3)25(30)32-18(6)23(28)27-22-16(4)9-8-10-17(22)5/h8-15,18,21H,7H2,1-6H3,(H,26,29)(H,27,28)/t18-,21+/m0/s1. The number of ether oxygens (including phenoxy) is 2. The molecule has 0 aliphatic rings. The summed E-state index contributed by atoms with van der Waals surface area (Å²) in [5, 5.41) is 5.53. The van der Waals surface area contributed by atoms with Gasteiger partial charge in [0.15, 0.2) is 6.10 Å². The summed E-state index contributed by atoms with van der Waals surface area (Å²) in [5.41, 5.74) is 2.93. The second-order valence-electron chi connectivity index (χ2n) is 7.99. The van der Waals surface area contributed by atoms with E-state index in [2.05, 4.69) is 10.6 Å². The van der Waals surface area contributed by atoms with Crippen LogP contribution in [0.2, 0.25) is 0 Å². The van der Waals surface area contributed by atoms with E-state index < -0.39 is 29.9 Å². The number of carbonyl (C=O) groups excluding carboxylic acids is 3. The molecule has 7 heteroatoms. The van der Waals surface area contributed by atoms with Gasteiger partial charge in [0.2, 0.25) is 0 Å². The lowest BCUT2D eigenvalue weighted by molar-refractivity contribution is -0.156. The molecule has 0 heterocycles. The van der Waals surface area contributed by atoms with Gasteiger partial charge in [-0.3, -0.25) is 9.59 Å². The van der Waals surface area contributed by atoms with E-state index >= 15 is 0 Å². The average molecular weight is 441 g/mol. The third kappa shape index (κ3) is 6.57. The molecule has 0 fully saturated rings. The SMILES string of the molecule is CCOc1ccc(C(=O)N[C@@H](C(=O)O[C@@H](C)C(=O)Nc2c(C)cccc2C)C(C)C)cc1. The highest BCUT2D eigenvalue weighted by molar-refractivity contribution is 5.98. The molecule has 0 saturated carbocycles. The largest absolute Gasteiger partial charge is 0.494 e. The first kappa shape index (κ1) is 24.9. The minimum atomic E-state index is -1.02. The molecule has 0 bridgehead atoms. The number of hydrogen-bond donors (Lipinski definition) is 2. The predicted molar refractivity (Wildman–Crippen MR) is 124 cm³/mol. The topological polar surface area (TPSA) is 93.7 Å². The lowest BCUT2D eigenvalue weighted by Gasteiger charge is -2.23. The lowest BCUT2D eigenvalue weighted by atomic mass is 10.0. The Labute approximate surface area is 189 Å². The third-order valence-electron chi connectivity index (χ3n) is 5.03.